The zero-order chi connectivity index (χ0) is 27.1. The smallest absolute Gasteiger partial charge is 0.255 e. The molecule has 0 saturated carbocycles. The van der Waals surface area contributed by atoms with Gasteiger partial charge in [0, 0.05) is 37.9 Å². The normalized spacial score (nSPS) is 13.8. The number of benzene rings is 3. The summed E-state index contributed by atoms with van der Waals surface area (Å²) >= 11 is 0. The van der Waals surface area contributed by atoms with E-state index < -0.39 is 6.04 Å². The zero-order valence-electron chi connectivity index (χ0n) is 21.4. The quantitative estimate of drug-likeness (QED) is 0.336. The lowest BCUT2D eigenvalue weighted by atomic mass is 10.0. The Bertz CT molecular complexity index is 1290. The Morgan fingerprint density at radius 3 is 2.34 bits per heavy atom. The van der Waals surface area contributed by atoms with Gasteiger partial charge < -0.3 is 25.6 Å². The van der Waals surface area contributed by atoms with Crippen molar-refractivity contribution in [1.29, 1.82) is 0 Å². The number of hydrogen-bond acceptors (Lipinski definition) is 5. The van der Waals surface area contributed by atoms with Crippen LogP contribution in [0.25, 0.3) is 11.1 Å². The SMILES string of the molecule is COCCNc1ccc(-c2ccc(F)cc2)cc1NC(=O)c1ccc(NC(=O)C(C)N2CCCC2=O)cc1. The number of likely N-dealkylation sites (tertiary alicyclic amines) is 1. The zero-order valence-corrected chi connectivity index (χ0v) is 21.4. The van der Waals surface area contributed by atoms with E-state index in [0.717, 1.165) is 23.2 Å². The number of rotatable bonds is 10. The van der Waals surface area contributed by atoms with Crippen molar-refractivity contribution in [3.8, 4) is 11.1 Å². The van der Waals surface area contributed by atoms with Gasteiger partial charge in [-0.15, -0.1) is 0 Å². The van der Waals surface area contributed by atoms with Gasteiger partial charge in [-0.05, 0) is 73.0 Å². The maximum absolute atomic E-state index is 13.4. The molecule has 1 fully saturated rings. The van der Waals surface area contributed by atoms with E-state index in [9.17, 15) is 18.8 Å². The van der Waals surface area contributed by atoms with Gasteiger partial charge in [-0.25, -0.2) is 4.39 Å². The first-order chi connectivity index (χ1) is 18.4. The number of hydrogen-bond donors (Lipinski definition) is 3. The average molecular weight is 519 g/mol. The van der Waals surface area contributed by atoms with E-state index in [4.69, 9.17) is 4.74 Å². The van der Waals surface area contributed by atoms with Gasteiger partial charge in [0.05, 0.1) is 18.0 Å². The molecule has 3 aromatic carbocycles. The number of carbonyl (C=O) groups excluding carboxylic acids is 3. The summed E-state index contributed by atoms with van der Waals surface area (Å²) in [6, 6.07) is 17.7. The predicted molar refractivity (Wildman–Crippen MR) is 146 cm³/mol. The second-order valence-electron chi connectivity index (χ2n) is 9.07. The fourth-order valence-corrected chi connectivity index (χ4v) is 4.28. The maximum atomic E-state index is 13.4. The molecular formula is C29H31FN4O4. The first kappa shape index (κ1) is 26.8. The number of nitrogens with one attached hydrogen (secondary N) is 3. The van der Waals surface area contributed by atoms with Gasteiger partial charge in [-0.3, -0.25) is 14.4 Å². The molecule has 0 spiro atoms. The molecule has 1 aliphatic rings. The summed E-state index contributed by atoms with van der Waals surface area (Å²) in [5.41, 5.74) is 3.85. The van der Waals surface area contributed by atoms with E-state index in [1.807, 2.05) is 18.2 Å². The highest BCUT2D eigenvalue weighted by molar-refractivity contribution is 6.07. The minimum atomic E-state index is -0.564. The van der Waals surface area contributed by atoms with Crippen LogP contribution < -0.4 is 16.0 Å². The highest BCUT2D eigenvalue weighted by Crippen LogP contribution is 2.30. The average Bonchev–Trinajstić information content (AvgIpc) is 3.35. The highest BCUT2D eigenvalue weighted by atomic mass is 19.1. The van der Waals surface area contributed by atoms with Crippen molar-refractivity contribution in [2.24, 2.45) is 0 Å². The minimum absolute atomic E-state index is 0.0146. The first-order valence-electron chi connectivity index (χ1n) is 12.5. The van der Waals surface area contributed by atoms with Crippen LogP contribution in [-0.2, 0) is 14.3 Å². The van der Waals surface area contributed by atoms with Gasteiger partial charge in [0.2, 0.25) is 11.8 Å². The van der Waals surface area contributed by atoms with Crippen LogP contribution in [0, 0.1) is 5.82 Å². The number of halogens is 1. The fraction of sp³-hybridized carbons (Fsp3) is 0.276. The lowest BCUT2D eigenvalue weighted by Gasteiger charge is -2.23. The van der Waals surface area contributed by atoms with Crippen molar-refractivity contribution in [2.45, 2.75) is 25.8 Å². The second kappa shape index (κ2) is 12.3. The molecule has 3 amide bonds. The third kappa shape index (κ3) is 6.54. The van der Waals surface area contributed by atoms with Crippen LogP contribution in [0.1, 0.15) is 30.1 Å². The lowest BCUT2D eigenvalue weighted by Crippen LogP contribution is -2.42. The van der Waals surface area contributed by atoms with Crippen molar-refractivity contribution in [2.75, 3.05) is 42.8 Å². The Labute approximate surface area is 221 Å². The van der Waals surface area contributed by atoms with Crippen LogP contribution in [0.5, 0.6) is 0 Å². The van der Waals surface area contributed by atoms with Crippen LogP contribution in [0.15, 0.2) is 66.7 Å². The molecule has 3 N–H and O–H groups in total. The summed E-state index contributed by atoms with van der Waals surface area (Å²) < 4.78 is 18.5. The summed E-state index contributed by atoms with van der Waals surface area (Å²) in [4.78, 5) is 39.2. The summed E-state index contributed by atoms with van der Waals surface area (Å²) in [5, 5.41) is 9.01. The summed E-state index contributed by atoms with van der Waals surface area (Å²) in [6.07, 6.45) is 1.23. The molecule has 0 bridgehead atoms. The summed E-state index contributed by atoms with van der Waals surface area (Å²) in [6.45, 7) is 3.33. The van der Waals surface area contributed by atoms with Crippen LogP contribution in [0.4, 0.5) is 21.5 Å². The molecule has 1 aliphatic heterocycles. The molecule has 8 nitrogen and oxygen atoms in total. The molecule has 9 heteroatoms. The molecule has 1 unspecified atom stereocenters. The second-order valence-corrected chi connectivity index (χ2v) is 9.07. The topological polar surface area (TPSA) is 99.8 Å². The van der Waals surface area contributed by atoms with Gasteiger partial charge >= 0.3 is 0 Å². The number of anilines is 3. The lowest BCUT2D eigenvalue weighted by molar-refractivity contribution is -0.134. The third-order valence-corrected chi connectivity index (χ3v) is 6.44. The van der Waals surface area contributed by atoms with E-state index in [1.165, 1.54) is 12.1 Å². The molecule has 1 saturated heterocycles. The fourth-order valence-electron chi connectivity index (χ4n) is 4.28. The van der Waals surface area contributed by atoms with E-state index >= 15 is 0 Å². The Balaban J connectivity index is 1.47. The van der Waals surface area contributed by atoms with E-state index in [-0.39, 0.29) is 23.5 Å². The Hall–Kier alpha value is -4.24. The largest absolute Gasteiger partial charge is 0.383 e. The van der Waals surface area contributed by atoms with Crippen molar-refractivity contribution in [1.82, 2.24) is 4.90 Å². The number of amides is 3. The summed E-state index contributed by atoms with van der Waals surface area (Å²) in [7, 11) is 1.61. The molecule has 1 heterocycles. The van der Waals surface area contributed by atoms with Crippen LogP contribution in [0.3, 0.4) is 0 Å². The first-order valence-corrected chi connectivity index (χ1v) is 12.5. The molecule has 0 aliphatic carbocycles. The van der Waals surface area contributed by atoms with Gasteiger partial charge in [-0.2, -0.15) is 0 Å². The number of nitrogens with zero attached hydrogens (tertiary/aromatic N) is 1. The highest BCUT2D eigenvalue weighted by Gasteiger charge is 2.29. The van der Waals surface area contributed by atoms with Crippen LogP contribution in [0.2, 0.25) is 0 Å². The Morgan fingerprint density at radius 2 is 1.68 bits per heavy atom. The van der Waals surface area contributed by atoms with Crippen molar-refractivity contribution < 1.29 is 23.5 Å². The number of ether oxygens (including phenoxy) is 1. The summed E-state index contributed by atoms with van der Waals surface area (Å²) in [5.74, 6) is -0.940. The monoisotopic (exact) mass is 518 g/mol. The van der Waals surface area contributed by atoms with Crippen LogP contribution in [-0.4, -0.2) is 55.5 Å². The van der Waals surface area contributed by atoms with E-state index in [1.54, 1.807) is 55.3 Å². The minimum Gasteiger partial charge on any atom is -0.383 e. The van der Waals surface area contributed by atoms with Gasteiger partial charge in [0.15, 0.2) is 0 Å². The number of carbonyl (C=O) groups is 3. The maximum Gasteiger partial charge on any atom is 0.255 e. The van der Waals surface area contributed by atoms with Crippen LogP contribution >= 0.6 is 0 Å². The molecule has 4 rings (SSSR count). The van der Waals surface area contributed by atoms with Crippen molar-refractivity contribution in [3.63, 3.8) is 0 Å². The standard InChI is InChI=1S/C29H31FN4O4/c1-19(34-16-3-4-27(34)35)28(36)32-24-12-7-21(8-13-24)29(37)33-26-18-22(20-5-10-23(30)11-6-20)9-14-25(26)31-15-17-38-2/h5-14,18-19,31H,3-4,15-17H2,1-2H3,(H,32,36)(H,33,37). The molecule has 3 aromatic rings. The molecule has 38 heavy (non-hydrogen) atoms. The van der Waals surface area contributed by atoms with Crippen molar-refractivity contribution >= 4 is 34.8 Å². The predicted octanol–water partition coefficient (Wildman–Crippen LogP) is 4.75. The Kier molecular flexibility index (Phi) is 8.70. The molecule has 0 radical (unpaired) electrons. The third-order valence-electron chi connectivity index (χ3n) is 6.44. The molecular weight excluding hydrogens is 487 g/mol. The Morgan fingerprint density at radius 1 is 0.974 bits per heavy atom. The van der Waals surface area contributed by atoms with Gasteiger partial charge in [0.1, 0.15) is 11.9 Å². The molecule has 198 valence electrons. The molecule has 1 atom stereocenters. The number of methoxy groups -OCH3 is 1. The van der Waals surface area contributed by atoms with Gasteiger partial charge in [0.25, 0.3) is 5.91 Å². The van der Waals surface area contributed by atoms with E-state index in [0.29, 0.717) is 43.1 Å². The van der Waals surface area contributed by atoms with Crippen molar-refractivity contribution in [3.05, 3.63) is 78.1 Å². The van der Waals surface area contributed by atoms with Gasteiger partial charge in [-0.1, -0.05) is 18.2 Å². The molecule has 0 aromatic heterocycles. The van der Waals surface area contributed by atoms with E-state index in [2.05, 4.69) is 16.0 Å².